The number of hydrogen-bond donors (Lipinski definition) is 2. The Bertz CT molecular complexity index is 611. The summed E-state index contributed by atoms with van der Waals surface area (Å²) in [6.45, 7) is 6.56. The average Bonchev–Trinajstić information content (AvgIpc) is 2.95. The summed E-state index contributed by atoms with van der Waals surface area (Å²) in [6.07, 6.45) is 0. The van der Waals surface area contributed by atoms with Gasteiger partial charge < -0.3 is 11.1 Å². The van der Waals surface area contributed by atoms with Crippen molar-refractivity contribution in [1.29, 1.82) is 0 Å². The van der Waals surface area contributed by atoms with E-state index in [1.807, 2.05) is 30.3 Å². The number of benzene rings is 1. The van der Waals surface area contributed by atoms with Crippen molar-refractivity contribution in [2.75, 3.05) is 6.54 Å². The maximum atomic E-state index is 12.3. The third-order valence-corrected chi connectivity index (χ3v) is 4.02. The number of nitrogens with one attached hydrogen (secondary N) is 1. The van der Waals surface area contributed by atoms with Gasteiger partial charge in [0.05, 0.1) is 11.2 Å². The predicted octanol–water partition coefficient (Wildman–Crippen LogP) is 3.71. The molecule has 1 aromatic carbocycles. The lowest BCUT2D eigenvalue weighted by Gasteiger charge is -2.18. The molecule has 0 fully saturated rings. The number of aromatic nitrogens is 1. The van der Waals surface area contributed by atoms with Crippen molar-refractivity contribution < 1.29 is 4.79 Å². The van der Waals surface area contributed by atoms with Crippen LogP contribution in [0.2, 0.25) is 0 Å². The highest BCUT2D eigenvalue weighted by Crippen LogP contribution is 2.27. The second-order valence-electron chi connectivity index (χ2n) is 6.01. The minimum Gasteiger partial charge on any atom is -0.349 e. The third-order valence-electron chi connectivity index (χ3n) is 3.19. The zero-order chi connectivity index (χ0) is 15.5. The van der Waals surface area contributed by atoms with Crippen LogP contribution in [0.15, 0.2) is 35.8 Å². The van der Waals surface area contributed by atoms with Crippen LogP contribution in [0, 0.1) is 0 Å². The second kappa shape index (κ2) is 9.23. The molecule has 1 heterocycles. The highest BCUT2D eigenvalue weighted by atomic mass is 35.5. The van der Waals surface area contributed by atoms with Gasteiger partial charge in [-0.3, -0.25) is 4.79 Å². The fourth-order valence-corrected chi connectivity index (χ4v) is 2.96. The maximum Gasteiger partial charge on any atom is 0.263 e. The molecule has 2 aromatic rings. The smallest absolute Gasteiger partial charge is 0.263 e. The van der Waals surface area contributed by atoms with Crippen molar-refractivity contribution in [3.05, 3.63) is 52.0 Å². The normalized spacial score (nSPS) is 11.8. The molecule has 0 aliphatic carbocycles. The Morgan fingerprint density at radius 2 is 1.87 bits per heavy atom. The topological polar surface area (TPSA) is 68.0 Å². The molecule has 0 radical (unpaired) electrons. The minimum absolute atomic E-state index is 0. The first kappa shape index (κ1) is 21.9. The highest BCUT2D eigenvalue weighted by molar-refractivity contribution is 7.11. The summed E-state index contributed by atoms with van der Waals surface area (Å²) < 4.78 is 0. The molecule has 4 nitrogen and oxygen atoms in total. The Balaban J connectivity index is 0.00000242. The standard InChI is InChI=1S/C16H21N3OS.2ClH/c1-16(2,3)14-13(21-10-19-14)15(20)18-9-12(17)11-7-5-4-6-8-11;;/h4-8,10,12H,9,17H2,1-3H3,(H,18,20);2*1H. The van der Waals surface area contributed by atoms with E-state index in [9.17, 15) is 4.79 Å². The Kier molecular flexibility index (Phi) is 8.77. The molecule has 0 saturated carbocycles. The number of thiazole rings is 1. The van der Waals surface area contributed by atoms with Gasteiger partial charge in [-0.15, -0.1) is 36.2 Å². The monoisotopic (exact) mass is 375 g/mol. The molecule has 0 aliphatic heterocycles. The Hall–Kier alpha value is -1.14. The number of nitrogens with zero attached hydrogens (tertiary/aromatic N) is 1. The summed E-state index contributed by atoms with van der Waals surface area (Å²) in [5.74, 6) is -0.103. The fourth-order valence-electron chi connectivity index (χ4n) is 2.04. The van der Waals surface area contributed by atoms with Gasteiger partial charge >= 0.3 is 0 Å². The van der Waals surface area contributed by atoms with Crippen LogP contribution in [0.3, 0.4) is 0 Å². The second-order valence-corrected chi connectivity index (χ2v) is 6.86. The van der Waals surface area contributed by atoms with E-state index in [0.29, 0.717) is 11.4 Å². The molecule has 0 aliphatic rings. The van der Waals surface area contributed by atoms with E-state index in [0.717, 1.165) is 11.3 Å². The number of hydrogen-bond acceptors (Lipinski definition) is 4. The van der Waals surface area contributed by atoms with Gasteiger partial charge in [-0.05, 0) is 5.56 Å². The highest BCUT2D eigenvalue weighted by Gasteiger charge is 2.25. The molecule has 1 atom stereocenters. The van der Waals surface area contributed by atoms with Crippen LogP contribution in [0.1, 0.15) is 47.7 Å². The molecule has 1 unspecified atom stereocenters. The van der Waals surface area contributed by atoms with Crippen molar-refractivity contribution in [3.8, 4) is 0 Å². The Morgan fingerprint density at radius 3 is 2.43 bits per heavy atom. The summed E-state index contributed by atoms with van der Waals surface area (Å²) in [4.78, 5) is 17.3. The predicted molar refractivity (Wildman–Crippen MR) is 101 cm³/mol. The minimum atomic E-state index is -0.207. The molecular weight excluding hydrogens is 353 g/mol. The molecule has 0 spiro atoms. The molecule has 1 amide bonds. The van der Waals surface area contributed by atoms with Gasteiger partial charge in [0.15, 0.2) is 0 Å². The lowest BCUT2D eigenvalue weighted by atomic mass is 9.91. The van der Waals surface area contributed by atoms with Gasteiger partial charge in [-0.2, -0.15) is 0 Å². The van der Waals surface area contributed by atoms with Crippen LogP contribution in [-0.4, -0.2) is 17.4 Å². The van der Waals surface area contributed by atoms with Crippen LogP contribution in [0.25, 0.3) is 0 Å². The van der Waals surface area contributed by atoms with Gasteiger partial charge in [-0.25, -0.2) is 4.98 Å². The van der Waals surface area contributed by atoms with E-state index in [1.165, 1.54) is 11.3 Å². The molecule has 0 bridgehead atoms. The summed E-state index contributed by atoms with van der Waals surface area (Å²) >= 11 is 1.37. The zero-order valence-electron chi connectivity index (χ0n) is 13.4. The molecule has 2 rings (SSSR count). The number of nitrogens with two attached hydrogens (primary N) is 1. The van der Waals surface area contributed by atoms with E-state index >= 15 is 0 Å². The van der Waals surface area contributed by atoms with Crippen LogP contribution >= 0.6 is 36.2 Å². The van der Waals surface area contributed by atoms with Crippen LogP contribution < -0.4 is 11.1 Å². The quantitative estimate of drug-likeness (QED) is 0.855. The summed E-state index contributed by atoms with van der Waals surface area (Å²) in [5.41, 5.74) is 9.51. The number of amides is 1. The summed E-state index contributed by atoms with van der Waals surface area (Å²) in [5, 5.41) is 2.90. The van der Waals surface area contributed by atoms with Gasteiger partial charge in [0.25, 0.3) is 5.91 Å². The van der Waals surface area contributed by atoms with E-state index in [4.69, 9.17) is 5.73 Å². The van der Waals surface area contributed by atoms with Gasteiger partial charge in [-0.1, -0.05) is 51.1 Å². The SMILES string of the molecule is CC(C)(C)c1ncsc1C(=O)NCC(N)c1ccccc1.Cl.Cl. The first-order valence-corrected chi connectivity index (χ1v) is 7.80. The van der Waals surface area contributed by atoms with E-state index in [1.54, 1.807) is 5.51 Å². The van der Waals surface area contributed by atoms with Crippen LogP contribution in [-0.2, 0) is 5.41 Å². The first-order chi connectivity index (χ1) is 9.89. The lowest BCUT2D eigenvalue weighted by molar-refractivity contribution is 0.0953. The number of rotatable bonds is 4. The Labute approximate surface area is 153 Å². The number of halogens is 2. The molecule has 1 aromatic heterocycles. The molecule has 128 valence electrons. The Morgan fingerprint density at radius 1 is 1.26 bits per heavy atom. The van der Waals surface area contributed by atoms with Crippen molar-refractivity contribution in [2.24, 2.45) is 5.73 Å². The van der Waals surface area contributed by atoms with E-state index in [-0.39, 0.29) is 42.2 Å². The first-order valence-electron chi connectivity index (χ1n) is 6.92. The van der Waals surface area contributed by atoms with Crippen molar-refractivity contribution in [3.63, 3.8) is 0 Å². The summed E-state index contributed by atoms with van der Waals surface area (Å²) in [7, 11) is 0. The largest absolute Gasteiger partial charge is 0.349 e. The van der Waals surface area contributed by atoms with Crippen LogP contribution in [0.5, 0.6) is 0 Å². The maximum absolute atomic E-state index is 12.3. The van der Waals surface area contributed by atoms with Gasteiger partial charge in [0.2, 0.25) is 0 Å². The van der Waals surface area contributed by atoms with Gasteiger partial charge in [0.1, 0.15) is 4.88 Å². The fraction of sp³-hybridized carbons (Fsp3) is 0.375. The zero-order valence-corrected chi connectivity index (χ0v) is 15.9. The van der Waals surface area contributed by atoms with E-state index < -0.39 is 0 Å². The van der Waals surface area contributed by atoms with Crippen molar-refractivity contribution in [2.45, 2.75) is 32.2 Å². The molecule has 3 N–H and O–H groups in total. The molecular formula is C16H23Cl2N3OS. The summed E-state index contributed by atoms with van der Waals surface area (Å²) in [6, 6.07) is 9.55. The van der Waals surface area contributed by atoms with E-state index in [2.05, 4.69) is 31.1 Å². The third kappa shape index (κ3) is 5.77. The average molecular weight is 376 g/mol. The van der Waals surface area contributed by atoms with Crippen molar-refractivity contribution in [1.82, 2.24) is 10.3 Å². The molecule has 0 saturated heterocycles. The van der Waals surface area contributed by atoms with Gasteiger partial charge in [0, 0.05) is 18.0 Å². The van der Waals surface area contributed by atoms with Crippen molar-refractivity contribution >= 4 is 42.1 Å². The molecule has 7 heteroatoms. The lowest BCUT2D eigenvalue weighted by Crippen LogP contribution is -2.32. The molecule has 23 heavy (non-hydrogen) atoms. The number of carbonyl (C=O) groups is 1. The van der Waals surface area contributed by atoms with Crippen LogP contribution in [0.4, 0.5) is 0 Å². The number of carbonyl (C=O) groups excluding carboxylic acids is 1.